The van der Waals surface area contributed by atoms with E-state index in [1.165, 1.54) is 6.07 Å². The molecule has 1 aliphatic heterocycles. The molecule has 1 aromatic heterocycles. The first-order valence-corrected chi connectivity index (χ1v) is 14.0. The number of benzene rings is 2. The summed E-state index contributed by atoms with van der Waals surface area (Å²) in [6, 6.07) is 16.4. The molecule has 1 saturated heterocycles. The summed E-state index contributed by atoms with van der Waals surface area (Å²) < 4.78 is 26.1. The zero-order valence-corrected chi connectivity index (χ0v) is 22.1. The van der Waals surface area contributed by atoms with Crippen molar-refractivity contribution >= 4 is 39.6 Å². The van der Waals surface area contributed by atoms with Gasteiger partial charge in [0.25, 0.3) is 0 Å². The molecule has 0 radical (unpaired) electrons. The molecule has 2 heterocycles. The van der Waals surface area contributed by atoms with Gasteiger partial charge < -0.3 is 9.80 Å². The highest BCUT2D eigenvalue weighted by molar-refractivity contribution is 7.84. The number of nitrogens with zero attached hydrogens (tertiary/aromatic N) is 3. The van der Waals surface area contributed by atoms with Gasteiger partial charge in [-0.25, -0.2) is 4.39 Å². The van der Waals surface area contributed by atoms with E-state index in [2.05, 4.69) is 16.0 Å². The van der Waals surface area contributed by atoms with Gasteiger partial charge in [-0.1, -0.05) is 18.2 Å². The van der Waals surface area contributed by atoms with Crippen LogP contribution in [0.25, 0.3) is 17.2 Å². The highest BCUT2D eigenvalue weighted by Gasteiger charge is 2.33. The van der Waals surface area contributed by atoms with Gasteiger partial charge in [0, 0.05) is 66.2 Å². The smallest absolute Gasteiger partial charge is 0.229 e. The molecule has 2 unspecified atom stereocenters. The molecule has 0 spiro atoms. The van der Waals surface area contributed by atoms with Gasteiger partial charge in [-0.05, 0) is 89.7 Å². The second-order valence-electron chi connectivity index (χ2n) is 9.55. The summed E-state index contributed by atoms with van der Waals surface area (Å²) in [5.74, 6) is -0.649. The van der Waals surface area contributed by atoms with Crippen molar-refractivity contribution in [1.82, 2.24) is 9.88 Å². The number of allylic oxidation sites excluding steroid dienone is 2. The lowest BCUT2D eigenvalue weighted by molar-refractivity contribution is -0.133. The Hall–Kier alpha value is -3.58. The number of anilines is 1. The van der Waals surface area contributed by atoms with Crippen molar-refractivity contribution in [3.05, 3.63) is 95.1 Å². The van der Waals surface area contributed by atoms with Crippen LogP contribution < -0.4 is 4.90 Å². The van der Waals surface area contributed by atoms with Crippen LogP contribution in [0.3, 0.4) is 0 Å². The van der Waals surface area contributed by atoms with E-state index in [1.807, 2.05) is 55.1 Å². The largest absolute Gasteiger partial charge is 0.368 e. The lowest BCUT2D eigenvalue weighted by Crippen LogP contribution is -2.50. The van der Waals surface area contributed by atoms with Crippen LogP contribution in [0.2, 0.25) is 0 Å². The fourth-order valence-electron chi connectivity index (χ4n) is 5.33. The van der Waals surface area contributed by atoms with E-state index in [0.717, 1.165) is 57.1 Å². The van der Waals surface area contributed by atoms with Gasteiger partial charge in [0.2, 0.25) is 5.91 Å². The Labute approximate surface area is 219 Å². The van der Waals surface area contributed by atoms with Gasteiger partial charge in [-0.3, -0.25) is 14.0 Å². The van der Waals surface area contributed by atoms with Crippen molar-refractivity contribution < 1.29 is 13.4 Å². The molecule has 2 aromatic carbocycles. The molecule has 2 atom stereocenters. The molecule has 190 valence electrons. The Bertz CT molecular complexity index is 1410. The van der Waals surface area contributed by atoms with E-state index in [1.54, 1.807) is 30.8 Å². The maximum Gasteiger partial charge on any atom is 0.229 e. The summed E-state index contributed by atoms with van der Waals surface area (Å²) in [6.07, 6.45) is 7.29. The number of halogens is 1. The summed E-state index contributed by atoms with van der Waals surface area (Å²) in [4.78, 5) is 22.7. The first-order chi connectivity index (χ1) is 17.8. The number of piperazine rings is 1. The van der Waals surface area contributed by atoms with E-state index < -0.39 is 16.7 Å². The summed E-state index contributed by atoms with van der Waals surface area (Å²) >= 11 is 0. The Morgan fingerprint density at radius 2 is 1.68 bits per heavy atom. The second kappa shape index (κ2) is 10.4. The van der Waals surface area contributed by atoms with Gasteiger partial charge in [0.1, 0.15) is 5.82 Å². The molecule has 5 rings (SSSR count). The van der Waals surface area contributed by atoms with Gasteiger partial charge in [0.15, 0.2) is 0 Å². The van der Waals surface area contributed by atoms with Crippen molar-refractivity contribution in [2.75, 3.05) is 37.3 Å². The van der Waals surface area contributed by atoms with Crippen LogP contribution in [-0.4, -0.2) is 52.4 Å². The predicted molar refractivity (Wildman–Crippen MR) is 148 cm³/mol. The van der Waals surface area contributed by atoms with Crippen molar-refractivity contribution in [3.63, 3.8) is 0 Å². The number of pyridine rings is 1. The number of hydrogen-bond donors (Lipinski definition) is 0. The van der Waals surface area contributed by atoms with Crippen LogP contribution in [0.5, 0.6) is 0 Å². The van der Waals surface area contributed by atoms with Crippen LogP contribution >= 0.6 is 0 Å². The first-order valence-electron chi connectivity index (χ1n) is 12.4. The van der Waals surface area contributed by atoms with Crippen LogP contribution in [0.4, 0.5) is 10.1 Å². The number of aromatic nitrogens is 1. The van der Waals surface area contributed by atoms with E-state index in [0.29, 0.717) is 13.1 Å². The van der Waals surface area contributed by atoms with Gasteiger partial charge in [-0.2, -0.15) is 0 Å². The number of hydrogen-bond acceptors (Lipinski definition) is 4. The molecule has 1 aliphatic carbocycles. The summed E-state index contributed by atoms with van der Waals surface area (Å²) in [5.41, 5.74) is 6.64. The van der Waals surface area contributed by atoms with Crippen LogP contribution in [0.1, 0.15) is 30.5 Å². The average Bonchev–Trinajstić information content (AvgIpc) is 3.18. The molecule has 0 N–H and O–H groups in total. The van der Waals surface area contributed by atoms with E-state index in [4.69, 9.17) is 0 Å². The van der Waals surface area contributed by atoms with E-state index >= 15 is 0 Å². The predicted octanol–water partition coefficient (Wildman–Crippen LogP) is 5.27. The zero-order valence-electron chi connectivity index (χ0n) is 21.3. The number of carbonyl (C=O) groups is 1. The van der Waals surface area contributed by atoms with Crippen molar-refractivity contribution in [1.29, 1.82) is 0 Å². The van der Waals surface area contributed by atoms with Gasteiger partial charge >= 0.3 is 0 Å². The Morgan fingerprint density at radius 1 is 1.00 bits per heavy atom. The van der Waals surface area contributed by atoms with Crippen molar-refractivity contribution in [2.45, 2.75) is 18.7 Å². The summed E-state index contributed by atoms with van der Waals surface area (Å²) in [5, 5.41) is 0. The molecule has 1 fully saturated rings. The highest BCUT2D eigenvalue weighted by atomic mass is 32.2. The molecule has 0 saturated carbocycles. The normalized spacial score (nSPS) is 18.2. The van der Waals surface area contributed by atoms with Crippen LogP contribution in [0.15, 0.2) is 77.5 Å². The molecule has 7 heteroatoms. The van der Waals surface area contributed by atoms with Crippen LogP contribution in [-0.2, 0) is 15.6 Å². The standard InChI is InChI=1S/C30H30FN3O2S/c1-20-27(18-22-4-7-25(8-5-22)37(3)36)26-9-6-23(31)19-28(26)29(20)21(2)30(35)34-16-14-33(15-17-34)24-10-12-32-13-11-24/h4-13,18-19,21H,14-17H2,1-3H3/b27-18-. The van der Waals surface area contributed by atoms with Crippen molar-refractivity contribution in [3.8, 4) is 0 Å². The highest BCUT2D eigenvalue weighted by Crippen LogP contribution is 2.46. The third-order valence-electron chi connectivity index (χ3n) is 7.32. The van der Waals surface area contributed by atoms with Gasteiger partial charge in [0.05, 0.1) is 5.92 Å². The van der Waals surface area contributed by atoms with E-state index in [9.17, 15) is 13.4 Å². The number of fused-ring (bicyclic) bond motifs is 1. The van der Waals surface area contributed by atoms with E-state index in [-0.39, 0.29) is 11.7 Å². The lowest BCUT2D eigenvalue weighted by Gasteiger charge is -2.37. The Balaban J connectivity index is 1.42. The molecule has 3 aromatic rings. The zero-order chi connectivity index (χ0) is 26.1. The molecule has 37 heavy (non-hydrogen) atoms. The number of amides is 1. The maximum absolute atomic E-state index is 14.4. The maximum atomic E-state index is 14.4. The number of carbonyl (C=O) groups excluding carboxylic acids is 1. The molecule has 5 nitrogen and oxygen atoms in total. The van der Waals surface area contributed by atoms with Gasteiger partial charge in [-0.15, -0.1) is 0 Å². The fourth-order valence-corrected chi connectivity index (χ4v) is 5.85. The second-order valence-corrected chi connectivity index (χ2v) is 10.9. The third-order valence-corrected chi connectivity index (χ3v) is 8.25. The first kappa shape index (κ1) is 25.1. The minimum absolute atomic E-state index is 0.0648. The lowest BCUT2D eigenvalue weighted by atomic mass is 9.92. The molecule has 1 amide bonds. The topological polar surface area (TPSA) is 53.5 Å². The Morgan fingerprint density at radius 3 is 2.32 bits per heavy atom. The Kier molecular flexibility index (Phi) is 7.07. The summed E-state index contributed by atoms with van der Waals surface area (Å²) in [6.45, 7) is 6.74. The monoisotopic (exact) mass is 515 g/mol. The minimum Gasteiger partial charge on any atom is -0.368 e. The molecular weight excluding hydrogens is 485 g/mol. The number of rotatable bonds is 5. The van der Waals surface area contributed by atoms with Crippen LogP contribution in [0, 0.1) is 11.7 Å². The summed E-state index contributed by atoms with van der Waals surface area (Å²) in [7, 11) is -1.04. The minimum atomic E-state index is -1.04. The molecule has 2 aliphatic rings. The third kappa shape index (κ3) is 5.01. The molecular formula is C30H30FN3O2S. The fraction of sp³-hybridized carbons (Fsp3) is 0.267. The SMILES string of the molecule is CC1=C(C(C)C(=O)N2CCN(c3ccncc3)CC2)c2cc(F)ccc2/C1=C\c1ccc(S(C)=O)cc1. The van der Waals surface area contributed by atoms with Crippen molar-refractivity contribution in [2.24, 2.45) is 5.92 Å². The molecule has 0 bridgehead atoms. The quantitative estimate of drug-likeness (QED) is 0.465. The average molecular weight is 516 g/mol.